The number of rotatable bonds is 8. The number of Topliss-reactive ketones (excluding diaryl/α,β-unsaturated/α-hetero) is 1. The average molecular weight is 612 g/mol. The second kappa shape index (κ2) is 11.5. The highest BCUT2D eigenvalue weighted by molar-refractivity contribution is 6.01. The number of halogens is 6. The number of cyclic esters (lactones) is 1. The van der Waals surface area contributed by atoms with Gasteiger partial charge in [0.1, 0.15) is 11.5 Å². The van der Waals surface area contributed by atoms with Gasteiger partial charge in [0.05, 0.1) is 12.8 Å². The Labute approximate surface area is 243 Å². The molecule has 2 atom stereocenters. The Morgan fingerprint density at radius 1 is 0.930 bits per heavy atom. The van der Waals surface area contributed by atoms with Gasteiger partial charge in [0.2, 0.25) is 0 Å². The molecule has 8 nitrogen and oxygen atoms in total. The summed E-state index contributed by atoms with van der Waals surface area (Å²) >= 11 is 0. The van der Waals surface area contributed by atoms with E-state index in [2.05, 4.69) is 20.1 Å². The predicted molar refractivity (Wildman–Crippen MR) is 140 cm³/mol. The fraction of sp³-hybridized carbons (Fsp3) is 0.586. The molecule has 0 spiro atoms. The monoisotopic (exact) mass is 611 g/mol. The molecule has 2 fully saturated rings. The molecule has 1 saturated carbocycles. The van der Waals surface area contributed by atoms with Crippen LogP contribution in [0.2, 0.25) is 0 Å². The fourth-order valence-electron chi connectivity index (χ4n) is 6.36. The third-order valence-corrected chi connectivity index (χ3v) is 8.19. The topological polar surface area (TPSA) is 99.3 Å². The second-order valence-corrected chi connectivity index (χ2v) is 11.7. The van der Waals surface area contributed by atoms with E-state index >= 15 is 0 Å². The Morgan fingerprint density at radius 3 is 2.14 bits per heavy atom. The van der Waals surface area contributed by atoms with E-state index in [1.807, 2.05) is 19.9 Å². The first-order valence-corrected chi connectivity index (χ1v) is 14.2. The van der Waals surface area contributed by atoms with Gasteiger partial charge in [0.25, 0.3) is 5.78 Å². The number of nitrogens with zero attached hydrogens (tertiary/aromatic N) is 5. The number of alkyl halides is 6. The van der Waals surface area contributed by atoms with Crippen LogP contribution in [0.15, 0.2) is 18.2 Å². The van der Waals surface area contributed by atoms with Crippen LogP contribution in [-0.2, 0) is 40.0 Å². The highest BCUT2D eigenvalue weighted by Crippen LogP contribution is 2.45. The lowest BCUT2D eigenvalue weighted by atomic mass is 9.73. The first kappa shape index (κ1) is 30.9. The van der Waals surface area contributed by atoms with E-state index in [0.717, 1.165) is 36.4 Å². The summed E-state index contributed by atoms with van der Waals surface area (Å²) in [5.74, 6) is -1.77. The Morgan fingerprint density at radius 2 is 1.56 bits per heavy atom. The van der Waals surface area contributed by atoms with Gasteiger partial charge in [-0.15, -0.1) is 5.10 Å². The van der Waals surface area contributed by atoms with Crippen LogP contribution in [0.5, 0.6) is 0 Å². The summed E-state index contributed by atoms with van der Waals surface area (Å²) in [5.41, 5.74) is -0.508. The summed E-state index contributed by atoms with van der Waals surface area (Å²) in [7, 11) is 0. The summed E-state index contributed by atoms with van der Waals surface area (Å²) < 4.78 is 86.1. The van der Waals surface area contributed by atoms with Gasteiger partial charge in [-0.2, -0.15) is 31.3 Å². The van der Waals surface area contributed by atoms with Crippen molar-refractivity contribution in [2.75, 3.05) is 0 Å². The maximum atomic E-state index is 13.5. The number of ketones is 1. The Bertz CT molecular complexity index is 1480. The molecule has 2 unspecified atom stereocenters. The molecular weight excluding hydrogens is 580 g/mol. The van der Waals surface area contributed by atoms with Gasteiger partial charge in [-0.25, -0.2) is 9.50 Å². The average Bonchev–Trinajstić information content (AvgIpc) is 3.54. The molecule has 3 aromatic rings. The van der Waals surface area contributed by atoms with Crippen molar-refractivity contribution in [2.45, 2.75) is 96.0 Å². The van der Waals surface area contributed by atoms with Gasteiger partial charge in [0.15, 0.2) is 11.6 Å². The molecule has 1 aliphatic carbocycles. The van der Waals surface area contributed by atoms with Crippen molar-refractivity contribution < 1.29 is 40.7 Å². The van der Waals surface area contributed by atoms with Gasteiger partial charge in [0, 0.05) is 35.6 Å². The zero-order valence-corrected chi connectivity index (χ0v) is 23.7. The molecule has 0 N–H and O–H groups in total. The van der Waals surface area contributed by atoms with Crippen molar-refractivity contribution in [1.82, 2.24) is 24.6 Å². The maximum Gasteiger partial charge on any atom is 0.394 e. The van der Waals surface area contributed by atoms with Crippen molar-refractivity contribution in [2.24, 2.45) is 11.8 Å². The van der Waals surface area contributed by atoms with E-state index in [-0.39, 0.29) is 48.8 Å². The molecule has 232 valence electrons. The summed E-state index contributed by atoms with van der Waals surface area (Å²) in [5, 5.41) is 4.39. The number of hydrogen-bond acceptors (Lipinski definition) is 7. The third-order valence-electron chi connectivity index (χ3n) is 8.19. The maximum absolute atomic E-state index is 13.5. The highest BCUT2D eigenvalue weighted by Gasteiger charge is 2.51. The van der Waals surface area contributed by atoms with E-state index in [1.54, 1.807) is 0 Å². The lowest BCUT2D eigenvalue weighted by molar-refractivity contribution is -0.185. The summed E-state index contributed by atoms with van der Waals surface area (Å²) in [4.78, 5) is 39.2. The number of pyridine rings is 1. The van der Waals surface area contributed by atoms with E-state index in [4.69, 9.17) is 4.74 Å². The number of hydrogen-bond donors (Lipinski definition) is 0. The van der Waals surface area contributed by atoms with E-state index in [0.29, 0.717) is 18.6 Å². The van der Waals surface area contributed by atoms with E-state index < -0.39 is 54.1 Å². The molecule has 0 radical (unpaired) electrons. The van der Waals surface area contributed by atoms with Gasteiger partial charge < -0.3 is 4.74 Å². The molecule has 5 rings (SSSR count). The molecule has 0 amide bonds. The van der Waals surface area contributed by atoms with Crippen LogP contribution < -0.4 is 0 Å². The molecule has 1 aliphatic heterocycles. The summed E-state index contributed by atoms with van der Waals surface area (Å²) in [6.07, 6.45) is -9.24. The van der Waals surface area contributed by atoms with Crippen LogP contribution in [0.25, 0.3) is 5.78 Å². The first-order chi connectivity index (χ1) is 20.1. The number of carbonyl (C=O) groups is 2. The molecular formula is C29H31F6N5O3. The van der Waals surface area contributed by atoms with Crippen LogP contribution in [0, 0.1) is 25.7 Å². The molecule has 14 heteroatoms. The number of esters is 1. The van der Waals surface area contributed by atoms with E-state index in [9.17, 15) is 35.9 Å². The van der Waals surface area contributed by atoms with Crippen molar-refractivity contribution in [1.29, 1.82) is 0 Å². The lowest BCUT2D eigenvalue weighted by Crippen LogP contribution is -2.52. The quantitative estimate of drug-likeness (QED) is 0.186. The Hall–Kier alpha value is -3.58. The third kappa shape index (κ3) is 7.32. The molecule has 0 aromatic carbocycles. The van der Waals surface area contributed by atoms with Crippen LogP contribution in [0.4, 0.5) is 26.3 Å². The second-order valence-electron chi connectivity index (χ2n) is 11.7. The normalized spacial score (nSPS) is 22.0. The minimum absolute atomic E-state index is 0.0122. The van der Waals surface area contributed by atoms with Crippen molar-refractivity contribution in [3.63, 3.8) is 0 Å². The Balaban J connectivity index is 1.37. The molecule has 3 aromatic heterocycles. The largest absolute Gasteiger partial charge is 0.458 e. The molecule has 0 bridgehead atoms. The van der Waals surface area contributed by atoms with Crippen LogP contribution in [-0.4, -0.2) is 54.3 Å². The summed E-state index contributed by atoms with van der Waals surface area (Å²) in [6.45, 7) is 3.64. The van der Waals surface area contributed by atoms with E-state index in [1.165, 1.54) is 4.52 Å². The zero-order valence-electron chi connectivity index (χ0n) is 23.7. The molecule has 1 saturated heterocycles. The van der Waals surface area contributed by atoms with Crippen LogP contribution >= 0.6 is 0 Å². The number of ether oxygens (including phenoxy) is 1. The number of carbonyl (C=O) groups excluding carboxylic acids is 2. The van der Waals surface area contributed by atoms with Gasteiger partial charge >= 0.3 is 18.3 Å². The molecule has 2 aliphatic rings. The summed E-state index contributed by atoms with van der Waals surface area (Å²) in [6, 6.07) is 4.10. The zero-order chi connectivity index (χ0) is 31.2. The van der Waals surface area contributed by atoms with Crippen molar-refractivity contribution in [3.8, 4) is 0 Å². The first-order valence-electron chi connectivity index (χ1n) is 14.2. The Kier molecular flexibility index (Phi) is 8.25. The SMILES string of the molecule is Cc1cc(C)n2nc(CC3C(=O)CC(CCc4cc(CC(F)(F)F)nc(CC(F)(F)F)c4)(C4CCCC4)OC3=O)nc2n1. The number of fused-ring (bicyclic) bond motifs is 1. The number of aryl methyl sites for hydroxylation is 3. The smallest absolute Gasteiger partial charge is 0.394 e. The lowest BCUT2D eigenvalue weighted by Gasteiger charge is -2.43. The minimum Gasteiger partial charge on any atom is -0.458 e. The highest BCUT2D eigenvalue weighted by atomic mass is 19.4. The molecule has 43 heavy (non-hydrogen) atoms. The standard InChI is InChI=1S/C29H31F6N5O3/c1-16-9-17(2)40-26(36-16)38-24(39-40)12-22-23(41)15-27(43-25(22)42,19-5-3-4-6-19)8-7-18-10-20(13-28(30,31)32)37-21(11-18)14-29(33,34)35/h9-11,19,22H,3-8,12-15H2,1-2H3. The fourth-order valence-corrected chi connectivity index (χ4v) is 6.36. The van der Waals surface area contributed by atoms with Crippen molar-refractivity contribution >= 4 is 17.5 Å². The van der Waals surface area contributed by atoms with Gasteiger partial charge in [-0.3, -0.25) is 14.6 Å². The van der Waals surface area contributed by atoms with Gasteiger partial charge in [-0.05, 0) is 69.2 Å². The minimum atomic E-state index is -4.66. The van der Waals surface area contributed by atoms with Gasteiger partial charge in [-0.1, -0.05) is 12.8 Å². The molecule has 4 heterocycles. The number of aromatic nitrogens is 5. The van der Waals surface area contributed by atoms with Crippen molar-refractivity contribution in [3.05, 3.63) is 52.4 Å². The van der Waals surface area contributed by atoms with Crippen LogP contribution in [0.1, 0.15) is 72.7 Å². The van der Waals surface area contributed by atoms with Crippen LogP contribution in [0.3, 0.4) is 0 Å². The predicted octanol–water partition coefficient (Wildman–Crippen LogP) is 5.58.